The van der Waals surface area contributed by atoms with Crippen molar-refractivity contribution in [1.82, 2.24) is 4.72 Å². The minimum Gasteiger partial charge on any atom is -0.465 e. The van der Waals surface area contributed by atoms with E-state index < -0.39 is 21.9 Å². The molecule has 3 rings (SSSR count). The van der Waals surface area contributed by atoms with Crippen molar-refractivity contribution in [3.63, 3.8) is 0 Å². The summed E-state index contributed by atoms with van der Waals surface area (Å²) >= 11 is 0. The van der Waals surface area contributed by atoms with Crippen LogP contribution in [0.15, 0.2) is 47.4 Å². The molecular weight excluding hydrogens is 350 g/mol. The predicted molar refractivity (Wildman–Crippen MR) is 85.0 cm³/mol. The first-order valence-corrected chi connectivity index (χ1v) is 8.55. The van der Waals surface area contributed by atoms with Crippen molar-refractivity contribution in [3.8, 4) is 11.5 Å². The maximum Gasteiger partial charge on any atom is 0.339 e. The smallest absolute Gasteiger partial charge is 0.339 e. The van der Waals surface area contributed by atoms with Gasteiger partial charge in [-0.2, -0.15) is 0 Å². The lowest BCUT2D eigenvalue weighted by molar-refractivity contribution is 0.0596. The van der Waals surface area contributed by atoms with E-state index in [1.165, 1.54) is 42.5 Å². The van der Waals surface area contributed by atoms with Crippen LogP contribution in [-0.2, 0) is 14.8 Å². The summed E-state index contributed by atoms with van der Waals surface area (Å²) in [5.41, 5.74) is -0.0978. The molecule has 0 spiro atoms. The average molecular weight is 363 g/mol. The minimum absolute atomic E-state index is 0.0329. The second kappa shape index (κ2) is 6.44. The summed E-state index contributed by atoms with van der Waals surface area (Å²) in [5.74, 6) is -0.870. The number of benzene rings is 2. The summed E-state index contributed by atoms with van der Waals surface area (Å²) in [4.78, 5) is 23.7. The summed E-state index contributed by atoms with van der Waals surface area (Å²) in [6.45, 7) is 0.0329. The number of esters is 1. The van der Waals surface area contributed by atoms with Crippen LogP contribution in [0.1, 0.15) is 20.7 Å². The third-order valence-corrected chi connectivity index (χ3v) is 4.83. The molecule has 0 aromatic heterocycles. The zero-order chi connectivity index (χ0) is 18.0. The van der Waals surface area contributed by atoms with Crippen molar-refractivity contribution < 1.29 is 32.2 Å². The van der Waals surface area contributed by atoms with Gasteiger partial charge >= 0.3 is 5.97 Å². The minimum atomic E-state index is -4.28. The lowest BCUT2D eigenvalue weighted by Gasteiger charge is -2.10. The first-order valence-electron chi connectivity index (χ1n) is 7.06. The van der Waals surface area contributed by atoms with Crippen molar-refractivity contribution in [1.29, 1.82) is 0 Å². The molecule has 0 saturated carbocycles. The van der Waals surface area contributed by atoms with Gasteiger partial charge in [0, 0.05) is 5.56 Å². The van der Waals surface area contributed by atoms with Gasteiger partial charge in [-0.05, 0) is 30.3 Å². The fourth-order valence-electron chi connectivity index (χ4n) is 2.25. The number of carbonyl (C=O) groups is 2. The Hall–Kier alpha value is -3.07. The Bertz CT molecular complexity index is 953. The lowest BCUT2D eigenvalue weighted by atomic mass is 10.2. The van der Waals surface area contributed by atoms with E-state index in [1.54, 1.807) is 0 Å². The first-order chi connectivity index (χ1) is 11.9. The number of fused-ring (bicyclic) bond motifs is 1. The molecule has 0 atom stereocenters. The fourth-order valence-corrected chi connectivity index (χ4v) is 3.42. The highest BCUT2D eigenvalue weighted by Gasteiger charge is 2.26. The molecule has 8 nitrogen and oxygen atoms in total. The number of hydrogen-bond acceptors (Lipinski definition) is 7. The van der Waals surface area contributed by atoms with Crippen molar-refractivity contribution in [2.24, 2.45) is 0 Å². The SMILES string of the molecule is COC(=O)c1ccccc1S(=O)(=O)NC(=O)c1ccc2c(c1)OCO2. The van der Waals surface area contributed by atoms with E-state index in [2.05, 4.69) is 4.74 Å². The molecule has 25 heavy (non-hydrogen) atoms. The maximum atomic E-state index is 12.5. The Morgan fingerprint density at radius 2 is 1.80 bits per heavy atom. The van der Waals surface area contributed by atoms with Gasteiger partial charge in [0.25, 0.3) is 15.9 Å². The van der Waals surface area contributed by atoms with E-state index in [9.17, 15) is 18.0 Å². The molecule has 1 aliphatic heterocycles. The van der Waals surface area contributed by atoms with E-state index in [1.807, 2.05) is 4.72 Å². The highest BCUT2D eigenvalue weighted by atomic mass is 32.2. The van der Waals surface area contributed by atoms with Gasteiger partial charge < -0.3 is 14.2 Å². The van der Waals surface area contributed by atoms with Crippen molar-refractivity contribution in [2.75, 3.05) is 13.9 Å². The molecule has 0 saturated heterocycles. The van der Waals surface area contributed by atoms with E-state index >= 15 is 0 Å². The third kappa shape index (κ3) is 3.26. The Balaban J connectivity index is 1.89. The van der Waals surface area contributed by atoms with Crippen LogP contribution in [0.3, 0.4) is 0 Å². The predicted octanol–water partition coefficient (Wildman–Crippen LogP) is 1.32. The standard InChI is InChI=1S/C16H13NO7S/c1-22-16(19)11-4-2-3-5-14(11)25(20,21)17-15(18)10-6-7-12-13(8-10)24-9-23-12/h2-8H,9H2,1H3,(H,17,18). The molecule has 1 aliphatic rings. The monoisotopic (exact) mass is 363 g/mol. The van der Waals surface area contributed by atoms with Crippen molar-refractivity contribution in [2.45, 2.75) is 4.90 Å². The second-order valence-corrected chi connectivity index (χ2v) is 6.64. The molecule has 0 unspecified atom stereocenters. The summed E-state index contributed by atoms with van der Waals surface area (Å²) in [6, 6.07) is 9.72. The normalized spacial score (nSPS) is 12.5. The summed E-state index contributed by atoms with van der Waals surface area (Å²) in [6.07, 6.45) is 0. The summed E-state index contributed by atoms with van der Waals surface area (Å²) < 4.78 is 41.8. The van der Waals surface area contributed by atoms with E-state index in [0.717, 1.165) is 7.11 Å². The summed E-state index contributed by atoms with van der Waals surface area (Å²) in [7, 11) is -3.14. The van der Waals surface area contributed by atoms with Gasteiger partial charge in [0.05, 0.1) is 12.7 Å². The number of rotatable bonds is 4. The van der Waals surface area contributed by atoms with Crippen LogP contribution in [-0.4, -0.2) is 34.2 Å². The highest BCUT2D eigenvalue weighted by Crippen LogP contribution is 2.32. The molecule has 1 N–H and O–H groups in total. The van der Waals surface area contributed by atoms with Gasteiger partial charge in [0.2, 0.25) is 6.79 Å². The number of methoxy groups -OCH3 is 1. The number of sulfonamides is 1. The van der Waals surface area contributed by atoms with Crippen molar-refractivity contribution >= 4 is 21.9 Å². The molecule has 0 bridgehead atoms. The van der Waals surface area contributed by atoms with Gasteiger partial charge in [-0.25, -0.2) is 17.9 Å². The van der Waals surface area contributed by atoms with Gasteiger partial charge in [-0.15, -0.1) is 0 Å². The van der Waals surface area contributed by atoms with Crippen LogP contribution in [0.4, 0.5) is 0 Å². The Kier molecular flexibility index (Phi) is 4.32. The molecule has 0 radical (unpaired) electrons. The molecule has 0 fully saturated rings. The Morgan fingerprint density at radius 3 is 2.56 bits per heavy atom. The van der Waals surface area contributed by atoms with Crippen LogP contribution in [0.25, 0.3) is 0 Å². The lowest BCUT2D eigenvalue weighted by Crippen LogP contribution is -2.31. The topological polar surface area (TPSA) is 108 Å². The van der Waals surface area contributed by atoms with E-state index in [0.29, 0.717) is 11.5 Å². The molecular formula is C16H13NO7S. The fraction of sp³-hybridized carbons (Fsp3) is 0.125. The number of ether oxygens (including phenoxy) is 3. The van der Waals surface area contributed by atoms with Crippen LogP contribution in [0.5, 0.6) is 11.5 Å². The molecule has 1 heterocycles. The Labute approximate surface area is 143 Å². The molecule has 2 aromatic carbocycles. The van der Waals surface area contributed by atoms with Crippen molar-refractivity contribution in [3.05, 3.63) is 53.6 Å². The number of nitrogens with one attached hydrogen (secondary N) is 1. The Morgan fingerprint density at radius 1 is 1.08 bits per heavy atom. The van der Waals surface area contributed by atoms with Gasteiger partial charge in [0.1, 0.15) is 4.90 Å². The van der Waals surface area contributed by atoms with Gasteiger partial charge in [0.15, 0.2) is 11.5 Å². The van der Waals surface area contributed by atoms with Gasteiger partial charge in [-0.3, -0.25) is 4.79 Å². The average Bonchev–Trinajstić information content (AvgIpc) is 3.08. The van der Waals surface area contributed by atoms with E-state index in [4.69, 9.17) is 9.47 Å². The molecule has 9 heteroatoms. The van der Waals surface area contributed by atoms with Crippen LogP contribution >= 0.6 is 0 Å². The van der Waals surface area contributed by atoms with Crippen LogP contribution in [0, 0.1) is 0 Å². The molecule has 2 aromatic rings. The molecule has 0 aliphatic carbocycles. The highest BCUT2D eigenvalue weighted by molar-refractivity contribution is 7.90. The zero-order valence-corrected chi connectivity index (χ0v) is 13.8. The third-order valence-electron chi connectivity index (χ3n) is 3.44. The number of amides is 1. The van der Waals surface area contributed by atoms with Crippen LogP contribution in [0.2, 0.25) is 0 Å². The molecule has 1 amide bonds. The second-order valence-electron chi connectivity index (χ2n) is 4.99. The number of carbonyl (C=O) groups excluding carboxylic acids is 2. The number of hydrogen-bond donors (Lipinski definition) is 1. The first kappa shape index (κ1) is 16.8. The van der Waals surface area contributed by atoms with Gasteiger partial charge in [-0.1, -0.05) is 12.1 Å². The van der Waals surface area contributed by atoms with Crippen LogP contribution < -0.4 is 14.2 Å². The zero-order valence-electron chi connectivity index (χ0n) is 13.0. The summed E-state index contributed by atoms with van der Waals surface area (Å²) in [5, 5.41) is 0. The largest absolute Gasteiger partial charge is 0.465 e. The quantitative estimate of drug-likeness (QED) is 0.816. The van der Waals surface area contributed by atoms with E-state index in [-0.39, 0.29) is 22.8 Å². The maximum absolute atomic E-state index is 12.5. The molecule has 130 valence electrons.